The van der Waals surface area contributed by atoms with E-state index in [1.165, 1.54) is 18.2 Å². The van der Waals surface area contributed by atoms with Crippen LogP contribution in [-0.4, -0.2) is 26.1 Å². The van der Waals surface area contributed by atoms with Gasteiger partial charge in [0.15, 0.2) is 17.3 Å². The van der Waals surface area contributed by atoms with Gasteiger partial charge in [0.05, 0.1) is 40.9 Å². The number of imidazole rings is 1. The minimum absolute atomic E-state index is 0. The molecular formula is C18H14ClFN4O2W. The summed E-state index contributed by atoms with van der Waals surface area (Å²) >= 11 is 6.09. The Kier molecular flexibility index (Phi) is 5.53. The van der Waals surface area contributed by atoms with Gasteiger partial charge in [-0.2, -0.15) is 0 Å². The maximum absolute atomic E-state index is 14.1. The van der Waals surface area contributed by atoms with Crippen LogP contribution in [0.2, 0.25) is 5.02 Å². The number of phenols is 1. The molecule has 0 saturated carbocycles. The fraction of sp³-hybridized carbons (Fsp3) is 0.111. The predicted molar refractivity (Wildman–Crippen MR) is 98.0 cm³/mol. The SMILES string of the molecule is CCOc1cc2c(cc1O)nc(Nc1c(F)cccc1Cl)c1cncn12.[W]. The molecule has 9 heteroatoms. The molecule has 0 fully saturated rings. The Hall–Kier alpha value is -2.37. The molecule has 0 radical (unpaired) electrons. The molecular weight excluding hydrogens is 543 g/mol. The summed E-state index contributed by atoms with van der Waals surface area (Å²) in [6.07, 6.45) is 3.22. The van der Waals surface area contributed by atoms with E-state index in [1.54, 1.807) is 29.1 Å². The summed E-state index contributed by atoms with van der Waals surface area (Å²) in [7, 11) is 0. The van der Waals surface area contributed by atoms with E-state index in [9.17, 15) is 9.50 Å². The van der Waals surface area contributed by atoms with Gasteiger partial charge in [-0.25, -0.2) is 14.4 Å². The van der Waals surface area contributed by atoms with Gasteiger partial charge in [0.2, 0.25) is 0 Å². The number of nitrogens with one attached hydrogen (secondary N) is 1. The van der Waals surface area contributed by atoms with E-state index in [-0.39, 0.29) is 37.5 Å². The largest absolute Gasteiger partial charge is 0.504 e. The second-order valence-corrected chi connectivity index (χ2v) is 5.98. The maximum atomic E-state index is 14.1. The summed E-state index contributed by atoms with van der Waals surface area (Å²) in [6, 6.07) is 7.60. The zero-order valence-electron chi connectivity index (χ0n) is 14.1. The van der Waals surface area contributed by atoms with Crippen LogP contribution in [-0.2, 0) is 21.1 Å². The molecule has 0 amide bonds. The molecule has 0 aliphatic heterocycles. The molecule has 2 heterocycles. The Bertz CT molecular complexity index is 1120. The number of ether oxygens (including phenoxy) is 1. The topological polar surface area (TPSA) is 71.7 Å². The minimum Gasteiger partial charge on any atom is -0.504 e. The van der Waals surface area contributed by atoms with Gasteiger partial charge in [-0.15, -0.1) is 0 Å². The summed E-state index contributed by atoms with van der Waals surface area (Å²) < 4.78 is 21.3. The van der Waals surface area contributed by atoms with Crippen LogP contribution in [0.3, 0.4) is 0 Å². The quantitative estimate of drug-likeness (QED) is 0.387. The zero-order chi connectivity index (χ0) is 18.3. The van der Waals surface area contributed by atoms with Gasteiger partial charge in [0.25, 0.3) is 0 Å². The molecule has 0 saturated heterocycles. The molecule has 0 aliphatic rings. The smallest absolute Gasteiger partial charge is 0.163 e. The minimum atomic E-state index is -0.494. The third-order valence-electron chi connectivity index (χ3n) is 3.94. The average Bonchev–Trinajstić information content (AvgIpc) is 3.10. The number of halogens is 2. The van der Waals surface area contributed by atoms with Crippen LogP contribution < -0.4 is 10.1 Å². The molecule has 0 unspecified atom stereocenters. The average molecular weight is 557 g/mol. The summed E-state index contributed by atoms with van der Waals surface area (Å²) in [6.45, 7) is 2.25. The van der Waals surface area contributed by atoms with Crippen molar-refractivity contribution in [2.75, 3.05) is 11.9 Å². The van der Waals surface area contributed by atoms with Crippen molar-refractivity contribution in [3.63, 3.8) is 0 Å². The van der Waals surface area contributed by atoms with E-state index < -0.39 is 5.82 Å². The maximum Gasteiger partial charge on any atom is 0.163 e. The number of anilines is 2. The van der Waals surface area contributed by atoms with Crippen molar-refractivity contribution < 1.29 is 35.3 Å². The second-order valence-electron chi connectivity index (χ2n) is 5.57. The first-order valence-electron chi connectivity index (χ1n) is 7.91. The summed E-state index contributed by atoms with van der Waals surface area (Å²) in [5, 5.41) is 13.3. The van der Waals surface area contributed by atoms with Gasteiger partial charge in [-0.05, 0) is 19.1 Å². The van der Waals surface area contributed by atoms with E-state index in [0.717, 1.165) is 0 Å². The van der Waals surface area contributed by atoms with Crippen molar-refractivity contribution in [3.8, 4) is 11.5 Å². The third-order valence-corrected chi connectivity index (χ3v) is 4.25. The second kappa shape index (κ2) is 7.70. The molecule has 27 heavy (non-hydrogen) atoms. The molecule has 4 aromatic rings. The molecule has 2 aromatic heterocycles. The number of fused-ring (bicyclic) bond motifs is 3. The zero-order valence-corrected chi connectivity index (χ0v) is 17.8. The van der Waals surface area contributed by atoms with Crippen LogP contribution in [0.25, 0.3) is 16.6 Å². The first-order valence-corrected chi connectivity index (χ1v) is 8.29. The molecule has 6 nitrogen and oxygen atoms in total. The number of benzene rings is 2. The molecule has 0 aliphatic carbocycles. The number of aromatic nitrogens is 3. The summed E-state index contributed by atoms with van der Waals surface area (Å²) in [5.41, 5.74) is 1.94. The van der Waals surface area contributed by atoms with E-state index in [1.807, 2.05) is 6.92 Å². The molecule has 138 valence electrons. The number of phenolic OH excluding ortho intramolecular Hbond substituents is 1. The first kappa shape index (κ1) is 19.4. The van der Waals surface area contributed by atoms with Crippen LogP contribution in [0, 0.1) is 5.82 Å². The molecule has 2 aromatic carbocycles. The van der Waals surface area contributed by atoms with Crippen LogP contribution in [0.1, 0.15) is 6.92 Å². The Morgan fingerprint density at radius 2 is 2.11 bits per heavy atom. The van der Waals surface area contributed by atoms with Gasteiger partial charge in [0.1, 0.15) is 11.3 Å². The predicted octanol–water partition coefficient (Wildman–Crippen LogP) is 4.52. The number of hydrogen-bond donors (Lipinski definition) is 2. The van der Waals surface area contributed by atoms with Crippen molar-refractivity contribution in [1.29, 1.82) is 0 Å². The molecule has 2 N–H and O–H groups in total. The normalized spacial score (nSPS) is 10.8. The Labute approximate surface area is 173 Å². The molecule has 4 rings (SSSR count). The first-order chi connectivity index (χ1) is 12.6. The van der Waals surface area contributed by atoms with E-state index in [4.69, 9.17) is 16.3 Å². The van der Waals surface area contributed by atoms with Crippen LogP contribution in [0.5, 0.6) is 11.5 Å². The van der Waals surface area contributed by atoms with Crippen LogP contribution in [0.4, 0.5) is 15.9 Å². The number of aromatic hydroxyl groups is 1. The van der Waals surface area contributed by atoms with Crippen molar-refractivity contribution in [3.05, 3.63) is 53.7 Å². The fourth-order valence-corrected chi connectivity index (χ4v) is 2.98. The Morgan fingerprint density at radius 3 is 2.85 bits per heavy atom. The number of hydrogen-bond acceptors (Lipinski definition) is 5. The molecule has 0 bridgehead atoms. The summed E-state index contributed by atoms with van der Waals surface area (Å²) in [5.74, 6) is 0.202. The fourth-order valence-electron chi connectivity index (χ4n) is 2.77. The molecule has 0 spiro atoms. The van der Waals surface area contributed by atoms with Gasteiger partial charge < -0.3 is 15.2 Å². The number of rotatable bonds is 4. The van der Waals surface area contributed by atoms with Crippen LogP contribution in [0.15, 0.2) is 42.9 Å². The number of nitrogens with zero attached hydrogens (tertiary/aromatic N) is 3. The van der Waals surface area contributed by atoms with E-state index >= 15 is 0 Å². The van der Waals surface area contributed by atoms with Gasteiger partial charge in [-0.1, -0.05) is 17.7 Å². The van der Waals surface area contributed by atoms with Crippen molar-refractivity contribution in [1.82, 2.24) is 14.4 Å². The third kappa shape index (κ3) is 3.45. The standard InChI is InChI=1S/C18H14ClFN4O2.W/c1-2-26-16-7-13-12(6-15(16)25)22-18(14-8-21-9-24(13)14)23-17-10(19)4-3-5-11(17)20;/h3-9,25H,2H2,1H3,(H,22,23);. The van der Waals surface area contributed by atoms with E-state index in [2.05, 4.69) is 15.3 Å². The van der Waals surface area contributed by atoms with Gasteiger partial charge in [0, 0.05) is 33.2 Å². The molecule has 0 atom stereocenters. The summed E-state index contributed by atoms with van der Waals surface area (Å²) in [4.78, 5) is 8.65. The van der Waals surface area contributed by atoms with Crippen molar-refractivity contribution >= 4 is 39.7 Å². The number of para-hydroxylation sites is 1. The van der Waals surface area contributed by atoms with Crippen molar-refractivity contribution in [2.24, 2.45) is 0 Å². The van der Waals surface area contributed by atoms with Gasteiger partial charge >= 0.3 is 0 Å². The Morgan fingerprint density at radius 1 is 1.30 bits per heavy atom. The van der Waals surface area contributed by atoms with Crippen molar-refractivity contribution in [2.45, 2.75) is 6.92 Å². The van der Waals surface area contributed by atoms with Crippen LogP contribution >= 0.6 is 11.6 Å². The van der Waals surface area contributed by atoms with E-state index in [0.29, 0.717) is 34.7 Å². The van der Waals surface area contributed by atoms with Gasteiger partial charge in [-0.3, -0.25) is 4.40 Å². The Balaban J connectivity index is 0.00000210. The monoisotopic (exact) mass is 556 g/mol.